The third-order valence-corrected chi connectivity index (χ3v) is 4.52. The SMILES string of the molecule is Cc1cc(OCC(=O)ON=C(N)c2cccc(Br)c2)c(C)cc1Br. The second kappa shape index (κ2) is 8.30. The molecule has 0 aliphatic carbocycles. The summed E-state index contributed by atoms with van der Waals surface area (Å²) in [5, 5.41) is 3.64. The zero-order chi connectivity index (χ0) is 17.7. The van der Waals surface area contributed by atoms with E-state index >= 15 is 0 Å². The normalized spacial score (nSPS) is 11.2. The van der Waals surface area contributed by atoms with Crippen molar-refractivity contribution in [1.82, 2.24) is 0 Å². The predicted molar refractivity (Wildman–Crippen MR) is 100 cm³/mol. The summed E-state index contributed by atoms with van der Waals surface area (Å²) in [6.07, 6.45) is 0. The van der Waals surface area contributed by atoms with Crippen molar-refractivity contribution in [3.05, 3.63) is 62.0 Å². The Kier molecular flexibility index (Phi) is 6.39. The maximum atomic E-state index is 11.8. The summed E-state index contributed by atoms with van der Waals surface area (Å²) in [6.45, 7) is 3.59. The Labute approximate surface area is 157 Å². The summed E-state index contributed by atoms with van der Waals surface area (Å²) in [4.78, 5) is 16.5. The van der Waals surface area contributed by atoms with Crippen LogP contribution in [0, 0.1) is 13.8 Å². The number of aryl methyl sites for hydroxylation is 2. The number of ether oxygens (including phenoxy) is 1. The van der Waals surface area contributed by atoms with Crippen molar-refractivity contribution in [3.8, 4) is 5.75 Å². The Morgan fingerprint density at radius 3 is 2.62 bits per heavy atom. The van der Waals surface area contributed by atoms with E-state index in [1.807, 2.05) is 38.1 Å². The summed E-state index contributed by atoms with van der Waals surface area (Å²) in [7, 11) is 0. The molecule has 0 heterocycles. The van der Waals surface area contributed by atoms with Gasteiger partial charge in [-0.1, -0.05) is 49.1 Å². The molecule has 24 heavy (non-hydrogen) atoms. The van der Waals surface area contributed by atoms with Gasteiger partial charge in [0.25, 0.3) is 0 Å². The Morgan fingerprint density at radius 2 is 1.92 bits per heavy atom. The Bertz CT molecular complexity index is 791. The summed E-state index contributed by atoms with van der Waals surface area (Å²) in [5.41, 5.74) is 8.37. The molecular formula is C17H16Br2N2O3. The largest absolute Gasteiger partial charge is 0.482 e. The highest BCUT2D eigenvalue weighted by Crippen LogP contribution is 2.26. The number of amidine groups is 1. The van der Waals surface area contributed by atoms with Crippen molar-refractivity contribution < 1.29 is 14.4 Å². The predicted octanol–water partition coefficient (Wildman–Crippen LogP) is 4.07. The molecule has 7 heteroatoms. The lowest BCUT2D eigenvalue weighted by atomic mass is 10.1. The van der Waals surface area contributed by atoms with E-state index in [0.29, 0.717) is 11.3 Å². The van der Waals surface area contributed by atoms with Crippen LogP contribution in [-0.2, 0) is 9.63 Å². The minimum Gasteiger partial charge on any atom is -0.482 e. The Balaban J connectivity index is 1.94. The van der Waals surface area contributed by atoms with E-state index in [4.69, 9.17) is 15.3 Å². The average molecular weight is 456 g/mol. The number of nitrogens with two attached hydrogens (primary N) is 1. The van der Waals surface area contributed by atoms with Gasteiger partial charge in [0, 0.05) is 14.5 Å². The lowest BCUT2D eigenvalue weighted by Gasteiger charge is -2.10. The minimum atomic E-state index is -0.632. The van der Waals surface area contributed by atoms with Crippen LogP contribution in [0.2, 0.25) is 0 Å². The molecule has 0 saturated carbocycles. The first-order valence-corrected chi connectivity index (χ1v) is 8.64. The highest BCUT2D eigenvalue weighted by molar-refractivity contribution is 9.10. The Hall–Kier alpha value is -1.86. The minimum absolute atomic E-state index is 0.111. The van der Waals surface area contributed by atoms with Gasteiger partial charge in [-0.15, -0.1) is 0 Å². The molecule has 0 atom stereocenters. The van der Waals surface area contributed by atoms with Gasteiger partial charge in [0.05, 0.1) is 0 Å². The molecule has 0 radical (unpaired) electrons. The third kappa shape index (κ3) is 5.07. The first-order chi connectivity index (χ1) is 11.4. The van der Waals surface area contributed by atoms with Crippen LogP contribution in [0.4, 0.5) is 0 Å². The number of benzene rings is 2. The molecule has 0 unspecified atom stereocenters. The van der Waals surface area contributed by atoms with Gasteiger partial charge < -0.3 is 15.3 Å². The van der Waals surface area contributed by atoms with E-state index in [2.05, 4.69) is 37.0 Å². The summed E-state index contributed by atoms with van der Waals surface area (Å²) in [6, 6.07) is 11.0. The van der Waals surface area contributed by atoms with Crippen molar-refractivity contribution in [1.29, 1.82) is 0 Å². The highest BCUT2D eigenvalue weighted by Gasteiger charge is 2.09. The van der Waals surface area contributed by atoms with Gasteiger partial charge >= 0.3 is 5.97 Å². The molecule has 0 aliphatic rings. The molecule has 0 fully saturated rings. The molecule has 0 saturated heterocycles. The lowest BCUT2D eigenvalue weighted by molar-refractivity contribution is -0.146. The van der Waals surface area contributed by atoms with Crippen molar-refractivity contribution in [2.24, 2.45) is 10.9 Å². The monoisotopic (exact) mass is 454 g/mol. The van der Waals surface area contributed by atoms with Crippen molar-refractivity contribution >= 4 is 43.7 Å². The average Bonchev–Trinajstić information content (AvgIpc) is 2.54. The van der Waals surface area contributed by atoms with Gasteiger partial charge in [0.2, 0.25) is 0 Å². The summed E-state index contributed by atoms with van der Waals surface area (Å²) in [5.74, 6) is 0.102. The van der Waals surface area contributed by atoms with Gasteiger partial charge in [-0.2, -0.15) is 0 Å². The van der Waals surface area contributed by atoms with E-state index in [1.54, 1.807) is 12.1 Å². The standard InChI is InChI=1S/C17H16Br2N2O3/c1-10-7-15(11(2)6-14(10)19)23-9-16(22)24-21-17(20)12-4-3-5-13(18)8-12/h3-8H,9H2,1-2H3,(H2,20,21). The molecule has 0 bridgehead atoms. The quantitative estimate of drug-likeness (QED) is 0.319. The highest BCUT2D eigenvalue weighted by atomic mass is 79.9. The van der Waals surface area contributed by atoms with Crippen molar-refractivity contribution in [2.45, 2.75) is 13.8 Å². The number of halogens is 2. The molecule has 0 spiro atoms. The molecule has 2 N–H and O–H groups in total. The Morgan fingerprint density at radius 1 is 1.17 bits per heavy atom. The van der Waals surface area contributed by atoms with Crippen LogP contribution < -0.4 is 10.5 Å². The topological polar surface area (TPSA) is 73.9 Å². The van der Waals surface area contributed by atoms with E-state index in [9.17, 15) is 4.79 Å². The van der Waals surface area contributed by atoms with Crippen LogP contribution in [0.25, 0.3) is 0 Å². The molecule has 2 aromatic rings. The molecule has 0 amide bonds. The van der Waals surface area contributed by atoms with Crippen LogP contribution in [0.3, 0.4) is 0 Å². The number of oxime groups is 1. The van der Waals surface area contributed by atoms with Crippen LogP contribution in [0.1, 0.15) is 16.7 Å². The van der Waals surface area contributed by atoms with Crippen molar-refractivity contribution in [3.63, 3.8) is 0 Å². The van der Waals surface area contributed by atoms with E-state index in [-0.39, 0.29) is 12.4 Å². The number of hydrogen-bond acceptors (Lipinski definition) is 4. The van der Waals surface area contributed by atoms with E-state index < -0.39 is 5.97 Å². The first kappa shape index (κ1) is 18.5. The zero-order valence-electron chi connectivity index (χ0n) is 13.2. The lowest BCUT2D eigenvalue weighted by Crippen LogP contribution is -2.18. The van der Waals surface area contributed by atoms with Crippen LogP contribution >= 0.6 is 31.9 Å². The van der Waals surface area contributed by atoms with Gasteiger partial charge in [0.15, 0.2) is 12.4 Å². The van der Waals surface area contributed by atoms with Crippen LogP contribution in [0.5, 0.6) is 5.75 Å². The number of hydrogen-bond donors (Lipinski definition) is 1. The summed E-state index contributed by atoms with van der Waals surface area (Å²) >= 11 is 6.78. The third-order valence-electron chi connectivity index (χ3n) is 3.17. The second-order valence-electron chi connectivity index (χ2n) is 5.11. The maximum absolute atomic E-state index is 11.8. The summed E-state index contributed by atoms with van der Waals surface area (Å²) < 4.78 is 7.32. The number of carbonyl (C=O) groups excluding carboxylic acids is 1. The number of nitrogens with zero attached hydrogens (tertiary/aromatic N) is 1. The maximum Gasteiger partial charge on any atom is 0.372 e. The van der Waals surface area contributed by atoms with Gasteiger partial charge in [-0.25, -0.2) is 4.79 Å². The molecule has 2 aromatic carbocycles. The van der Waals surface area contributed by atoms with Crippen LogP contribution in [0.15, 0.2) is 50.5 Å². The molecular weight excluding hydrogens is 440 g/mol. The fourth-order valence-electron chi connectivity index (χ4n) is 1.87. The van der Waals surface area contributed by atoms with Gasteiger partial charge in [-0.05, 0) is 49.2 Å². The second-order valence-corrected chi connectivity index (χ2v) is 6.88. The molecule has 2 rings (SSSR count). The molecule has 0 aliphatic heterocycles. The van der Waals surface area contributed by atoms with Crippen molar-refractivity contribution in [2.75, 3.05) is 6.61 Å². The van der Waals surface area contributed by atoms with Gasteiger partial charge in [-0.3, -0.25) is 0 Å². The molecule has 126 valence electrons. The fraction of sp³-hybridized carbons (Fsp3) is 0.176. The molecule has 0 aromatic heterocycles. The fourth-order valence-corrected chi connectivity index (χ4v) is 2.73. The smallest absolute Gasteiger partial charge is 0.372 e. The first-order valence-electron chi connectivity index (χ1n) is 7.05. The van der Waals surface area contributed by atoms with Gasteiger partial charge in [0.1, 0.15) is 5.75 Å². The molecule has 5 nitrogen and oxygen atoms in total. The number of rotatable bonds is 5. The number of carbonyl (C=O) groups is 1. The van der Waals surface area contributed by atoms with Crippen LogP contribution in [-0.4, -0.2) is 18.4 Å². The zero-order valence-corrected chi connectivity index (χ0v) is 16.3. The van der Waals surface area contributed by atoms with E-state index in [1.165, 1.54) is 0 Å². The van der Waals surface area contributed by atoms with E-state index in [0.717, 1.165) is 20.1 Å².